The normalized spacial score (nSPS) is 19.2. The molecule has 0 spiro atoms. The van der Waals surface area contributed by atoms with Crippen LogP contribution in [0.1, 0.15) is 45.4 Å². The van der Waals surface area contributed by atoms with E-state index in [1.807, 2.05) is 0 Å². The van der Waals surface area contributed by atoms with Crippen LogP contribution < -0.4 is 0 Å². The molecule has 1 fully saturated rings. The van der Waals surface area contributed by atoms with Crippen LogP contribution in [0.4, 0.5) is 0 Å². The van der Waals surface area contributed by atoms with E-state index in [0.717, 1.165) is 18.5 Å². The molecule has 2 heteroatoms. The van der Waals surface area contributed by atoms with Crippen molar-refractivity contribution in [3.63, 3.8) is 0 Å². The molecule has 0 aromatic heterocycles. The van der Waals surface area contributed by atoms with E-state index in [0.29, 0.717) is 0 Å². The molecule has 0 aliphatic carbocycles. The molecule has 1 saturated heterocycles. The molecule has 0 radical (unpaired) electrons. The van der Waals surface area contributed by atoms with E-state index in [9.17, 15) is 0 Å². The third-order valence-corrected chi connectivity index (χ3v) is 3.99. The fraction of sp³-hybridized carbons (Fsp3) is 1.00. The summed E-state index contributed by atoms with van der Waals surface area (Å²) in [5.41, 5.74) is 0. The van der Waals surface area contributed by atoms with E-state index in [2.05, 4.69) is 18.7 Å². The predicted octanol–water partition coefficient (Wildman–Crippen LogP) is 3.48. The number of thioether (sulfide) groups is 1. The van der Waals surface area contributed by atoms with E-state index >= 15 is 0 Å². The Bertz CT molecular complexity index is 111. The first-order valence-corrected chi connectivity index (χ1v) is 6.67. The van der Waals surface area contributed by atoms with Crippen LogP contribution in [0.5, 0.6) is 0 Å². The van der Waals surface area contributed by atoms with Gasteiger partial charge in [-0.2, -0.15) is 11.8 Å². The van der Waals surface area contributed by atoms with Gasteiger partial charge in [0.15, 0.2) is 0 Å². The van der Waals surface area contributed by atoms with Crippen LogP contribution in [0.2, 0.25) is 0 Å². The molecule has 0 bridgehead atoms. The topological polar surface area (TPSA) is 9.23 Å². The number of ether oxygens (including phenoxy) is 1. The summed E-state index contributed by atoms with van der Waals surface area (Å²) in [5, 5.41) is 0.898. The standard InChI is InChI=1S/C11H22OS/c1-2-3-4-5-10-13-11-6-8-12-9-7-11/h11H,2-10H2,1H3. The van der Waals surface area contributed by atoms with Gasteiger partial charge in [0.25, 0.3) is 0 Å². The van der Waals surface area contributed by atoms with Gasteiger partial charge in [-0.05, 0) is 25.0 Å². The molecule has 0 atom stereocenters. The lowest BCUT2D eigenvalue weighted by atomic mass is 10.2. The van der Waals surface area contributed by atoms with Crippen molar-refractivity contribution in [3.05, 3.63) is 0 Å². The van der Waals surface area contributed by atoms with Crippen molar-refractivity contribution in [2.75, 3.05) is 19.0 Å². The molecule has 78 valence electrons. The SMILES string of the molecule is CCCCCCSC1CCOCC1. The molecule has 0 aromatic carbocycles. The van der Waals surface area contributed by atoms with Gasteiger partial charge in [0.05, 0.1) is 0 Å². The van der Waals surface area contributed by atoms with Gasteiger partial charge in [0.1, 0.15) is 0 Å². The maximum Gasteiger partial charge on any atom is 0.0476 e. The van der Waals surface area contributed by atoms with Crippen LogP contribution in [-0.4, -0.2) is 24.2 Å². The summed E-state index contributed by atoms with van der Waals surface area (Å²) >= 11 is 2.17. The number of unbranched alkanes of at least 4 members (excludes halogenated alkanes) is 3. The van der Waals surface area contributed by atoms with Crippen LogP contribution >= 0.6 is 11.8 Å². The molecule has 0 saturated carbocycles. The van der Waals surface area contributed by atoms with E-state index < -0.39 is 0 Å². The molecule has 13 heavy (non-hydrogen) atoms. The molecule has 0 amide bonds. The van der Waals surface area contributed by atoms with Crippen molar-refractivity contribution in [1.82, 2.24) is 0 Å². The van der Waals surface area contributed by atoms with Gasteiger partial charge in [-0.15, -0.1) is 0 Å². The highest BCUT2D eigenvalue weighted by atomic mass is 32.2. The van der Waals surface area contributed by atoms with Crippen molar-refractivity contribution in [2.24, 2.45) is 0 Å². The van der Waals surface area contributed by atoms with Crippen LogP contribution in [-0.2, 0) is 4.74 Å². The van der Waals surface area contributed by atoms with Crippen molar-refractivity contribution >= 4 is 11.8 Å². The Balaban J connectivity index is 1.86. The quantitative estimate of drug-likeness (QED) is 0.610. The zero-order valence-electron chi connectivity index (χ0n) is 8.76. The molecule has 1 nitrogen and oxygen atoms in total. The van der Waals surface area contributed by atoms with Gasteiger partial charge in [-0.25, -0.2) is 0 Å². The second-order valence-electron chi connectivity index (χ2n) is 3.74. The van der Waals surface area contributed by atoms with Crippen molar-refractivity contribution in [2.45, 2.75) is 50.7 Å². The summed E-state index contributed by atoms with van der Waals surface area (Å²) in [6.45, 7) is 4.25. The van der Waals surface area contributed by atoms with Crippen LogP contribution in [0, 0.1) is 0 Å². The first-order valence-electron chi connectivity index (χ1n) is 5.63. The van der Waals surface area contributed by atoms with Gasteiger partial charge in [0, 0.05) is 18.5 Å². The Labute approximate surface area is 86.6 Å². The van der Waals surface area contributed by atoms with Gasteiger partial charge in [-0.3, -0.25) is 0 Å². The summed E-state index contributed by atoms with van der Waals surface area (Å²) in [6, 6.07) is 0. The summed E-state index contributed by atoms with van der Waals surface area (Å²) in [6.07, 6.45) is 8.15. The number of hydrogen-bond donors (Lipinski definition) is 0. The summed E-state index contributed by atoms with van der Waals surface area (Å²) in [4.78, 5) is 0. The lowest BCUT2D eigenvalue weighted by molar-refractivity contribution is 0.100. The van der Waals surface area contributed by atoms with E-state index in [1.165, 1.54) is 44.3 Å². The predicted molar refractivity (Wildman–Crippen MR) is 60.4 cm³/mol. The molecular weight excluding hydrogens is 180 g/mol. The molecule has 0 N–H and O–H groups in total. The third-order valence-electron chi connectivity index (χ3n) is 2.52. The Morgan fingerprint density at radius 1 is 1.15 bits per heavy atom. The Morgan fingerprint density at radius 2 is 1.92 bits per heavy atom. The Morgan fingerprint density at radius 3 is 2.62 bits per heavy atom. The van der Waals surface area contributed by atoms with Crippen molar-refractivity contribution in [3.8, 4) is 0 Å². The van der Waals surface area contributed by atoms with Gasteiger partial charge in [0.2, 0.25) is 0 Å². The number of hydrogen-bond acceptors (Lipinski definition) is 2. The van der Waals surface area contributed by atoms with E-state index in [-0.39, 0.29) is 0 Å². The number of rotatable bonds is 6. The maximum absolute atomic E-state index is 5.33. The minimum absolute atomic E-state index is 0.898. The highest BCUT2D eigenvalue weighted by molar-refractivity contribution is 7.99. The highest BCUT2D eigenvalue weighted by Crippen LogP contribution is 2.23. The second-order valence-corrected chi connectivity index (χ2v) is 5.15. The average Bonchev–Trinajstić information content (AvgIpc) is 2.19. The molecule has 0 aromatic rings. The smallest absolute Gasteiger partial charge is 0.0476 e. The van der Waals surface area contributed by atoms with Crippen molar-refractivity contribution in [1.29, 1.82) is 0 Å². The first kappa shape index (κ1) is 11.4. The zero-order chi connectivity index (χ0) is 9.36. The van der Waals surface area contributed by atoms with Crippen LogP contribution in [0.15, 0.2) is 0 Å². The first-order chi connectivity index (χ1) is 6.43. The Kier molecular flexibility index (Phi) is 6.73. The van der Waals surface area contributed by atoms with Crippen LogP contribution in [0.3, 0.4) is 0 Å². The Hall–Kier alpha value is 0.310. The third kappa shape index (κ3) is 5.58. The minimum atomic E-state index is 0.898. The summed E-state index contributed by atoms with van der Waals surface area (Å²) in [5.74, 6) is 1.37. The molecule has 1 rings (SSSR count). The van der Waals surface area contributed by atoms with Crippen LogP contribution in [0.25, 0.3) is 0 Å². The molecule has 1 aliphatic heterocycles. The van der Waals surface area contributed by atoms with Gasteiger partial charge < -0.3 is 4.74 Å². The fourth-order valence-corrected chi connectivity index (χ4v) is 2.85. The fourth-order valence-electron chi connectivity index (χ4n) is 1.62. The molecule has 1 aliphatic rings. The lowest BCUT2D eigenvalue weighted by Crippen LogP contribution is -2.17. The summed E-state index contributed by atoms with van der Waals surface area (Å²) < 4.78 is 5.33. The van der Waals surface area contributed by atoms with Gasteiger partial charge in [-0.1, -0.05) is 26.2 Å². The highest BCUT2D eigenvalue weighted by Gasteiger charge is 2.12. The van der Waals surface area contributed by atoms with Gasteiger partial charge >= 0.3 is 0 Å². The van der Waals surface area contributed by atoms with Crippen molar-refractivity contribution < 1.29 is 4.74 Å². The zero-order valence-corrected chi connectivity index (χ0v) is 9.57. The minimum Gasteiger partial charge on any atom is -0.381 e. The monoisotopic (exact) mass is 202 g/mol. The maximum atomic E-state index is 5.33. The lowest BCUT2D eigenvalue weighted by Gasteiger charge is -2.21. The molecule has 0 unspecified atom stereocenters. The average molecular weight is 202 g/mol. The summed E-state index contributed by atoms with van der Waals surface area (Å²) in [7, 11) is 0. The largest absolute Gasteiger partial charge is 0.381 e. The van der Waals surface area contributed by atoms with E-state index in [1.54, 1.807) is 0 Å². The second kappa shape index (κ2) is 7.69. The van der Waals surface area contributed by atoms with E-state index in [4.69, 9.17) is 4.74 Å². The molecular formula is C11H22OS. The molecule has 1 heterocycles.